The van der Waals surface area contributed by atoms with Gasteiger partial charge in [-0.1, -0.05) is 48.0 Å². The molecule has 0 amide bonds. The first-order chi connectivity index (χ1) is 14.5. The molecule has 3 nitrogen and oxygen atoms in total. The smallest absolute Gasteiger partial charge is 0.175 e. The van der Waals surface area contributed by atoms with Gasteiger partial charge in [0.05, 0.1) is 16.1 Å². The lowest BCUT2D eigenvalue weighted by molar-refractivity contribution is 0.264. The number of nitrogens with one attached hydrogen (secondary N) is 1. The Labute approximate surface area is 190 Å². The van der Waals surface area contributed by atoms with Gasteiger partial charge < -0.3 is 14.8 Å². The number of hydrogen-bond acceptors (Lipinski definition) is 3. The number of benzene rings is 3. The molecule has 1 atom stereocenters. The van der Waals surface area contributed by atoms with Gasteiger partial charge in [0.25, 0.3) is 0 Å². The fraction of sp³-hybridized carbons (Fsp3) is 0.250. The Kier molecular flexibility index (Phi) is 8.14. The summed E-state index contributed by atoms with van der Waals surface area (Å²) in [6.45, 7) is 5.19. The van der Waals surface area contributed by atoms with Crippen LogP contribution in [0, 0.1) is 5.82 Å². The highest BCUT2D eigenvalue weighted by atomic mass is 79.9. The van der Waals surface area contributed by atoms with Crippen molar-refractivity contribution in [2.24, 2.45) is 0 Å². The van der Waals surface area contributed by atoms with Gasteiger partial charge in [-0.15, -0.1) is 0 Å². The Morgan fingerprint density at radius 2 is 1.83 bits per heavy atom. The Morgan fingerprint density at radius 1 is 1.07 bits per heavy atom. The van der Waals surface area contributed by atoms with Crippen molar-refractivity contribution in [3.63, 3.8) is 0 Å². The first kappa shape index (κ1) is 22.6. The highest BCUT2D eigenvalue weighted by Gasteiger charge is 2.15. The molecule has 0 aromatic heterocycles. The molecule has 0 aliphatic rings. The molecule has 3 aromatic rings. The molecule has 0 heterocycles. The zero-order chi connectivity index (χ0) is 21.5. The zero-order valence-electron chi connectivity index (χ0n) is 16.9. The van der Waals surface area contributed by atoms with Gasteiger partial charge in [-0.25, -0.2) is 4.39 Å². The lowest BCUT2D eigenvalue weighted by Crippen LogP contribution is -2.18. The third kappa shape index (κ3) is 5.75. The summed E-state index contributed by atoms with van der Waals surface area (Å²) in [6, 6.07) is 19.0. The van der Waals surface area contributed by atoms with Crippen molar-refractivity contribution in [1.82, 2.24) is 5.32 Å². The Hall–Kier alpha value is -2.08. The Bertz CT molecular complexity index is 964. The maximum atomic E-state index is 14.1. The summed E-state index contributed by atoms with van der Waals surface area (Å²) in [5.74, 6) is 0.729. The van der Waals surface area contributed by atoms with Crippen molar-refractivity contribution in [1.29, 1.82) is 0 Å². The third-order valence-electron chi connectivity index (χ3n) is 4.70. The van der Waals surface area contributed by atoms with Gasteiger partial charge in [0.2, 0.25) is 0 Å². The average Bonchev–Trinajstić information content (AvgIpc) is 2.74. The number of rotatable bonds is 9. The fourth-order valence-corrected chi connectivity index (χ4v) is 3.89. The van der Waals surface area contributed by atoms with E-state index in [9.17, 15) is 4.39 Å². The van der Waals surface area contributed by atoms with Crippen molar-refractivity contribution in [2.75, 3.05) is 6.61 Å². The molecular formula is C24H24BrClFNO2. The van der Waals surface area contributed by atoms with E-state index in [-0.39, 0.29) is 12.6 Å². The molecule has 158 valence electrons. The van der Waals surface area contributed by atoms with Crippen molar-refractivity contribution in [3.8, 4) is 11.5 Å². The van der Waals surface area contributed by atoms with Gasteiger partial charge >= 0.3 is 0 Å². The van der Waals surface area contributed by atoms with E-state index < -0.39 is 5.82 Å². The quantitative estimate of drug-likeness (QED) is 0.346. The van der Waals surface area contributed by atoms with E-state index in [1.165, 1.54) is 11.6 Å². The molecule has 1 N–H and O–H groups in total. The summed E-state index contributed by atoms with van der Waals surface area (Å²) in [7, 11) is 0. The summed E-state index contributed by atoms with van der Waals surface area (Å²) >= 11 is 9.68. The SMILES string of the molecule is CCOc1cc(CN[C@H](C)c2ccccc2)cc(Br)c1OCc1c(F)cccc1Cl. The molecule has 0 aliphatic carbocycles. The molecule has 30 heavy (non-hydrogen) atoms. The maximum absolute atomic E-state index is 14.1. The van der Waals surface area contributed by atoms with Gasteiger partial charge in [-0.05, 0) is 65.2 Å². The lowest BCUT2D eigenvalue weighted by Gasteiger charge is -2.18. The molecule has 0 unspecified atom stereocenters. The van der Waals surface area contributed by atoms with Crippen LogP contribution in [0.2, 0.25) is 5.02 Å². The third-order valence-corrected chi connectivity index (χ3v) is 5.65. The van der Waals surface area contributed by atoms with Crippen LogP contribution >= 0.6 is 27.5 Å². The van der Waals surface area contributed by atoms with Crippen LogP contribution in [0.5, 0.6) is 11.5 Å². The van der Waals surface area contributed by atoms with Gasteiger partial charge in [-0.3, -0.25) is 0 Å². The van der Waals surface area contributed by atoms with Crippen LogP contribution in [0.3, 0.4) is 0 Å². The highest BCUT2D eigenvalue weighted by Crippen LogP contribution is 2.38. The highest BCUT2D eigenvalue weighted by molar-refractivity contribution is 9.10. The number of ether oxygens (including phenoxy) is 2. The van der Waals surface area contributed by atoms with Crippen molar-refractivity contribution >= 4 is 27.5 Å². The first-order valence-electron chi connectivity index (χ1n) is 9.78. The van der Waals surface area contributed by atoms with Crippen LogP contribution in [-0.2, 0) is 13.2 Å². The minimum absolute atomic E-state index is 0.00676. The summed E-state index contributed by atoms with van der Waals surface area (Å²) in [5, 5.41) is 3.85. The average molecular weight is 493 g/mol. The molecule has 0 spiro atoms. The van der Waals surface area contributed by atoms with Gasteiger partial charge in [0.1, 0.15) is 12.4 Å². The molecule has 0 radical (unpaired) electrons. The zero-order valence-corrected chi connectivity index (χ0v) is 19.3. The van der Waals surface area contributed by atoms with Gasteiger partial charge in [-0.2, -0.15) is 0 Å². The van der Waals surface area contributed by atoms with Crippen LogP contribution in [-0.4, -0.2) is 6.61 Å². The lowest BCUT2D eigenvalue weighted by atomic mass is 10.1. The van der Waals surface area contributed by atoms with E-state index in [2.05, 4.69) is 40.3 Å². The topological polar surface area (TPSA) is 30.5 Å². The summed E-state index contributed by atoms with van der Waals surface area (Å²) in [6.07, 6.45) is 0. The number of halogens is 3. The molecule has 3 rings (SSSR count). The van der Waals surface area contributed by atoms with Gasteiger partial charge in [0, 0.05) is 18.2 Å². The van der Waals surface area contributed by atoms with Crippen molar-refractivity contribution < 1.29 is 13.9 Å². The standard InChI is InChI=1S/C24H24BrClFNO2/c1-3-29-23-13-17(14-28-16(2)18-8-5-4-6-9-18)12-20(25)24(23)30-15-19-21(26)10-7-11-22(19)27/h4-13,16,28H,3,14-15H2,1-2H3/t16-/m1/s1. The summed E-state index contributed by atoms with van der Waals surface area (Å²) in [5.41, 5.74) is 2.59. The van der Waals surface area contributed by atoms with E-state index >= 15 is 0 Å². The summed E-state index contributed by atoms with van der Waals surface area (Å²) < 4.78 is 26.5. The molecule has 3 aromatic carbocycles. The molecule has 0 saturated carbocycles. The predicted molar refractivity (Wildman–Crippen MR) is 123 cm³/mol. The largest absolute Gasteiger partial charge is 0.490 e. The number of hydrogen-bond donors (Lipinski definition) is 1. The van der Waals surface area contributed by atoms with Gasteiger partial charge in [0.15, 0.2) is 11.5 Å². The van der Waals surface area contributed by atoms with E-state index in [1.807, 2.05) is 37.3 Å². The van der Waals surface area contributed by atoms with Crippen LogP contribution < -0.4 is 14.8 Å². The molecule has 0 saturated heterocycles. The molecular weight excluding hydrogens is 469 g/mol. The van der Waals surface area contributed by atoms with Crippen molar-refractivity contribution in [2.45, 2.75) is 33.0 Å². The minimum atomic E-state index is -0.396. The normalized spacial score (nSPS) is 11.9. The summed E-state index contributed by atoms with van der Waals surface area (Å²) in [4.78, 5) is 0. The second kappa shape index (κ2) is 10.8. The first-order valence-corrected chi connectivity index (χ1v) is 11.0. The Morgan fingerprint density at radius 3 is 2.53 bits per heavy atom. The van der Waals surface area contributed by atoms with E-state index in [0.717, 1.165) is 10.0 Å². The minimum Gasteiger partial charge on any atom is -0.490 e. The monoisotopic (exact) mass is 491 g/mol. The van der Waals surface area contributed by atoms with Crippen LogP contribution in [0.4, 0.5) is 4.39 Å². The maximum Gasteiger partial charge on any atom is 0.175 e. The molecule has 6 heteroatoms. The van der Waals surface area contributed by atoms with Crippen LogP contribution in [0.15, 0.2) is 65.1 Å². The predicted octanol–water partition coefficient (Wildman–Crippen LogP) is 7.07. The Balaban J connectivity index is 1.75. The van der Waals surface area contributed by atoms with Crippen LogP contribution in [0.1, 0.15) is 36.6 Å². The molecule has 0 aliphatic heterocycles. The van der Waals surface area contributed by atoms with E-state index in [1.54, 1.807) is 12.1 Å². The van der Waals surface area contributed by atoms with Crippen molar-refractivity contribution in [3.05, 3.63) is 92.7 Å². The van der Waals surface area contributed by atoms with E-state index in [0.29, 0.717) is 35.2 Å². The fourth-order valence-electron chi connectivity index (χ4n) is 3.07. The second-order valence-electron chi connectivity index (χ2n) is 6.84. The molecule has 0 bridgehead atoms. The van der Waals surface area contributed by atoms with E-state index in [4.69, 9.17) is 21.1 Å². The molecule has 0 fully saturated rings. The van der Waals surface area contributed by atoms with Crippen LogP contribution in [0.25, 0.3) is 0 Å². The second-order valence-corrected chi connectivity index (χ2v) is 8.10.